The molecule has 1 heterocycles. The van der Waals surface area contributed by atoms with Crippen LogP contribution in [0.3, 0.4) is 0 Å². The molecule has 0 aliphatic carbocycles. The third kappa shape index (κ3) is 3.12. The summed E-state index contributed by atoms with van der Waals surface area (Å²) < 4.78 is 18.5. The van der Waals surface area contributed by atoms with Crippen LogP contribution in [0.25, 0.3) is 0 Å². The molecule has 76 valence electrons. The number of carbonyl (C=O) groups excluding carboxylic acids is 1. The molecule has 5 heteroatoms. The third-order valence-electron chi connectivity index (χ3n) is 1.90. The van der Waals surface area contributed by atoms with Gasteiger partial charge < -0.3 is 9.64 Å². The number of nitrogens with zero attached hydrogens (tertiary/aromatic N) is 1. The smallest absolute Gasteiger partial charge is 0.237 e. The number of alkyl halides is 2. The van der Waals surface area contributed by atoms with Gasteiger partial charge in [0.15, 0.2) is 0 Å². The topological polar surface area (TPSA) is 29.5 Å². The predicted molar refractivity (Wildman–Crippen MR) is 47.6 cm³/mol. The zero-order chi connectivity index (χ0) is 9.90. The summed E-state index contributed by atoms with van der Waals surface area (Å²) in [6.07, 6.45) is 0. The molecule has 1 aliphatic rings. The van der Waals surface area contributed by atoms with E-state index >= 15 is 0 Å². The first-order valence-corrected chi connectivity index (χ1v) is 4.69. The van der Waals surface area contributed by atoms with Gasteiger partial charge in [-0.2, -0.15) is 0 Å². The van der Waals surface area contributed by atoms with E-state index in [-0.39, 0.29) is 24.9 Å². The first kappa shape index (κ1) is 10.7. The number of hydrogen-bond acceptors (Lipinski definition) is 2. The minimum atomic E-state index is -1.46. The van der Waals surface area contributed by atoms with E-state index in [1.807, 2.05) is 0 Å². The number of rotatable bonds is 1. The lowest BCUT2D eigenvalue weighted by atomic mass is 10.1. The number of amides is 1. The average molecular weight is 210 g/mol. The summed E-state index contributed by atoms with van der Waals surface area (Å²) in [5.41, 5.74) is -1.46. The van der Waals surface area contributed by atoms with Crippen LogP contribution in [0.2, 0.25) is 0 Å². The van der Waals surface area contributed by atoms with Crippen molar-refractivity contribution in [2.75, 3.05) is 32.2 Å². The summed E-state index contributed by atoms with van der Waals surface area (Å²) in [4.78, 5) is 12.6. The van der Waals surface area contributed by atoms with Crippen molar-refractivity contribution in [1.29, 1.82) is 0 Å². The van der Waals surface area contributed by atoms with E-state index in [1.165, 1.54) is 11.8 Å². The molecular weight excluding hydrogens is 197 g/mol. The van der Waals surface area contributed by atoms with Crippen LogP contribution in [-0.2, 0) is 9.53 Å². The monoisotopic (exact) mass is 209 g/mol. The molecule has 3 nitrogen and oxygen atoms in total. The van der Waals surface area contributed by atoms with Gasteiger partial charge in [0.2, 0.25) is 5.91 Å². The molecule has 1 saturated heterocycles. The van der Waals surface area contributed by atoms with E-state index in [1.54, 1.807) is 0 Å². The molecular formula is C8H13ClFNO2. The highest BCUT2D eigenvalue weighted by molar-refractivity contribution is 6.27. The fourth-order valence-electron chi connectivity index (χ4n) is 1.28. The minimum absolute atomic E-state index is 0.0407. The van der Waals surface area contributed by atoms with Gasteiger partial charge in [-0.15, -0.1) is 11.6 Å². The average Bonchev–Trinajstić information content (AvgIpc) is 2.25. The van der Waals surface area contributed by atoms with Gasteiger partial charge in [0.25, 0.3) is 0 Å². The molecule has 0 N–H and O–H groups in total. The Morgan fingerprint density at radius 2 is 2.46 bits per heavy atom. The Morgan fingerprint density at radius 3 is 3.08 bits per heavy atom. The molecule has 0 saturated carbocycles. The molecule has 0 radical (unpaired) electrons. The van der Waals surface area contributed by atoms with Gasteiger partial charge in [0, 0.05) is 6.54 Å². The summed E-state index contributed by atoms with van der Waals surface area (Å²) in [5.74, 6) is -0.341. The van der Waals surface area contributed by atoms with Crippen molar-refractivity contribution in [2.45, 2.75) is 12.6 Å². The Bertz CT molecular complexity index is 199. The van der Waals surface area contributed by atoms with E-state index in [0.29, 0.717) is 13.2 Å². The standard InChI is InChI=1S/C8H13ClFNO2/c1-8(10)5-11(7(12)4-9)2-3-13-6-8/h2-6H2,1H3. The highest BCUT2D eigenvalue weighted by Gasteiger charge is 2.31. The maximum absolute atomic E-state index is 13.5. The van der Waals surface area contributed by atoms with Crippen LogP contribution >= 0.6 is 11.6 Å². The zero-order valence-electron chi connectivity index (χ0n) is 7.56. The third-order valence-corrected chi connectivity index (χ3v) is 2.12. The van der Waals surface area contributed by atoms with E-state index in [0.717, 1.165) is 0 Å². The van der Waals surface area contributed by atoms with E-state index in [4.69, 9.17) is 16.3 Å². The number of carbonyl (C=O) groups is 1. The van der Waals surface area contributed by atoms with Crippen molar-refractivity contribution in [1.82, 2.24) is 4.90 Å². The summed E-state index contributed by atoms with van der Waals surface area (Å²) in [5, 5.41) is 0. The summed E-state index contributed by atoms with van der Waals surface area (Å²) in [6, 6.07) is 0. The van der Waals surface area contributed by atoms with Gasteiger partial charge in [0.1, 0.15) is 11.5 Å². The molecule has 0 aromatic heterocycles. The Balaban J connectivity index is 2.59. The second-order valence-electron chi connectivity index (χ2n) is 3.41. The van der Waals surface area contributed by atoms with Gasteiger partial charge >= 0.3 is 0 Å². The summed E-state index contributed by atoms with van der Waals surface area (Å²) in [6.45, 7) is 2.33. The maximum Gasteiger partial charge on any atom is 0.237 e. The van der Waals surface area contributed by atoms with Gasteiger partial charge in [-0.05, 0) is 6.92 Å². The predicted octanol–water partition coefficient (Wildman–Crippen LogP) is 0.812. The molecule has 1 amide bonds. The quantitative estimate of drug-likeness (QED) is 0.599. The molecule has 1 unspecified atom stereocenters. The van der Waals surface area contributed by atoms with Gasteiger partial charge in [-0.25, -0.2) is 4.39 Å². The Hall–Kier alpha value is -0.350. The first-order chi connectivity index (χ1) is 6.05. The SMILES string of the molecule is CC1(F)COCCN(C(=O)CCl)C1. The van der Waals surface area contributed by atoms with Crippen molar-refractivity contribution in [3.05, 3.63) is 0 Å². The molecule has 0 bridgehead atoms. The van der Waals surface area contributed by atoms with Crippen LogP contribution in [-0.4, -0.2) is 48.7 Å². The molecule has 13 heavy (non-hydrogen) atoms. The summed E-state index contributed by atoms with van der Waals surface area (Å²) >= 11 is 5.38. The molecule has 0 aromatic carbocycles. The Labute approximate surface area is 81.8 Å². The largest absolute Gasteiger partial charge is 0.376 e. The molecule has 0 spiro atoms. The van der Waals surface area contributed by atoms with Crippen molar-refractivity contribution < 1.29 is 13.9 Å². The van der Waals surface area contributed by atoms with E-state index < -0.39 is 5.67 Å². The van der Waals surface area contributed by atoms with E-state index in [9.17, 15) is 9.18 Å². The highest BCUT2D eigenvalue weighted by atomic mass is 35.5. The van der Waals surface area contributed by atoms with Crippen LogP contribution in [0.5, 0.6) is 0 Å². The number of hydrogen-bond donors (Lipinski definition) is 0. The second kappa shape index (κ2) is 4.24. The fourth-order valence-corrected chi connectivity index (χ4v) is 1.45. The van der Waals surface area contributed by atoms with E-state index in [2.05, 4.69) is 0 Å². The summed E-state index contributed by atoms with van der Waals surface area (Å²) in [7, 11) is 0. The van der Waals surface area contributed by atoms with Crippen LogP contribution in [0.4, 0.5) is 4.39 Å². The van der Waals surface area contributed by atoms with Crippen molar-refractivity contribution in [3.8, 4) is 0 Å². The molecule has 0 aromatic rings. The van der Waals surface area contributed by atoms with Crippen LogP contribution in [0, 0.1) is 0 Å². The fraction of sp³-hybridized carbons (Fsp3) is 0.875. The Morgan fingerprint density at radius 1 is 1.77 bits per heavy atom. The second-order valence-corrected chi connectivity index (χ2v) is 3.68. The molecule has 1 fully saturated rings. The maximum atomic E-state index is 13.5. The highest BCUT2D eigenvalue weighted by Crippen LogP contribution is 2.16. The number of ether oxygens (including phenoxy) is 1. The van der Waals surface area contributed by atoms with Crippen molar-refractivity contribution in [2.24, 2.45) is 0 Å². The van der Waals surface area contributed by atoms with Crippen LogP contribution < -0.4 is 0 Å². The van der Waals surface area contributed by atoms with Crippen molar-refractivity contribution in [3.63, 3.8) is 0 Å². The Kier molecular flexibility index (Phi) is 3.50. The lowest BCUT2D eigenvalue weighted by Gasteiger charge is -2.24. The van der Waals surface area contributed by atoms with Crippen LogP contribution in [0.1, 0.15) is 6.92 Å². The van der Waals surface area contributed by atoms with Gasteiger partial charge in [-0.1, -0.05) is 0 Å². The molecule has 1 aliphatic heterocycles. The van der Waals surface area contributed by atoms with Gasteiger partial charge in [-0.3, -0.25) is 4.79 Å². The first-order valence-electron chi connectivity index (χ1n) is 4.15. The molecule has 1 atom stereocenters. The molecule has 1 rings (SSSR count). The lowest BCUT2D eigenvalue weighted by Crippen LogP contribution is -2.42. The van der Waals surface area contributed by atoms with Crippen molar-refractivity contribution >= 4 is 17.5 Å². The minimum Gasteiger partial charge on any atom is -0.376 e. The lowest BCUT2D eigenvalue weighted by molar-refractivity contribution is -0.129. The van der Waals surface area contributed by atoms with Gasteiger partial charge in [0.05, 0.1) is 19.8 Å². The normalized spacial score (nSPS) is 29.9. The van der Waals surface area contributed by atoms with Crippen LogP contribution in [0.15, 0.2) is 0 Å². The number of halogens is 2. The zero-order valence-corrected chi connectivity index (χ0v) is 8.31.